The second-order valence-corrected chi connectivity index (χ2v) is 5.98. The van der Waals surface area contributed by atoms with Crippen molar-refractivity contribution in [2.45, 2.75) is 20.0 Å². The number of hydrogen-bond acceptors (Lipinski definition) is 6. The van der Waals surface area contributed by atoms with Gasteiger partial charge in [0.25, 0.3) is 5.91 Å². The number of benzene rings is 1. The number of fused-ring (bicyclic) bond motifs is 1. The molecule has 1 amide bonds. The molecule has 9 nitrogen and oxygen atoms in total. The van der Waals surface area contributed by atoms with Crippen LogP contribution in [0.25, 0.3) is 5.65 Å². The maximum absolute atomic E-state index is 13.4. The monoisotopic (exact) mass is 386 g/mol. The summed E-state index contributed by atoms with van der Waals surface area (Å²) >= 11 is 0. The van der Waals surface area contributed by atoms with Gasteiger partial charge in [-0.1, -0.05) is 6.07 Å². The average molecular weight is 386 g/mol. The van der Waals surface area contributed by atoms with Crippen LogP contribution in [0.2, 0.25) is 0 Å². The number of imidazole rings is 1. The first-order valence-electron chi connectivity index (χ1n) is 8.17. The maximum Gasteiger partial charge on any atom is 0.359 e. The number of carbonyl (C=O) groups is 2. The molecule has 0 aliphatic heterocycles. The Hall–Kier alpha value is -3.82. The minimum absolute atomic E-state index is 0.00403. The number of esters is 1. The van der Waals surface area contributed by atoms with Gasteiger partial charge in [0, 0.05) is 23.6 Å². The Morgan fingerprint density at radius 3 is 2.75 bits per heavy atom. The van der Waals surface area contributed by atoms with Crippen LogP contribution in [0.4, 0.5) is 15.8 Å². The highest BCUT2D eigenvalue weighted by Crippen LogP contribution is 2.22. The van der Waals surface area contributed by atoms with Crippen molar-refractivity contribution >= 4 is 28.9 Å². The van der Waals surface area contributed by atoms with Crippen molar-refractivity contribution in [3.8, 4) is 0 Å². The molecule has 2 aromatic heterocycles. The molecule has 3 rings (SSSR count). The van der Waals surface area contributed by atoms with Crippen molar-refractivity contribution in [1.82, 2.24) is 9.38 Å². The van der Waals surface area contributed by atoms with Crippen LogP contribution >= 0.6 is 0 Å². The van der Waals surface area contributed by atoms with Gasteiger partial charge in [0.05, 0.1) is 4.92 Å². The van der Waals surface area contributed by atoms with E-state index in [4.69, 9.17) is 4.74 Å². The van der Waals surface area contributed by atoms with Crippen molar-refractivity contribution in [3.63, 3.8) is 0 Å². The van der Waals surface area contributed by atoms with Gasteiger partial charge in [-0.25, -0.2) is 9.78 Å². The second-order valence-electron chi connectivity index (χ2n) is 5.98. The molecular formula is C18H15FN4O5. The second kappa shape index (κ2) is 7.43. The zero-order valence-corrected chi connectivity index (χ0v) is 14.9. The topological polar surface area (TPSA) is 116 Å². The Bertz CT molecular complexity index is 1090. The van der Waals surface area contributed by atoms with E-state index < -0.39 is 34.4 Å². The number of nitro benzene ring substituents is 1. The zero-order valence-electron chi connectivity index (χ0n) is 14.9. The maximum atomic E-state index is 13.4. The Morgan fingerprint density at radius 1 is 1.32 bits per heavy atom. The lowest BCUT2D eigenvalue weighted by atomic mass is 10.2. The minimum atomic E-state index is -1.21. The van der Waals surface area contributed by atoms with E-state index >= 15 is 0 Å². The van der Waals surface area contributed by atoms with Crippen molar-refractivity contribution < 1.29 is 23.6 Å². The molecule has 1 atom stereocenters. The van der Waals surface area contributed by atoms with E-state index in [1.54, 1.807) is 16.5 Å². The van der Waals surface area contributed by atoms with E-state index in [1.165, 1.54) is 19.2 Å². The number of pyridine rings is 1. The number of anilines is 1. The van der Waals surface area contributed by atoms with E-state index in [0.717, 1.165) is 17.8 Å². The molecule has 1 N–H and O–H groups in total. The molecule has 0 saturated carbocycles. The number of hydrogen-bond donors (Lipinski definition) is 1. The van der Waals surface area contributed by atoms with Crippen LogP contribution in [0.5, 0.6) is 0 Å². The number of amides is 1. The largest absolute Gasteiger partial charge is 0.448 e. The fraction of sp³-hybridized carbons (Fsp3) is 0.167. The smallest absolute Gasteiger partial charge is 0.359 e. The van der Waals surface area contributed by atoms with Gasteiger partial charge in [-0.05, 0) is 38.1 Å². The minimum Gasteiger partial charge on any atom is -0.448 e. The number of nitrogens with one attached hydrogen (secondary N) is 1. The normalized spacial score (nSPS) is 11.8. The van der Waals surface area contributed by atoms with Gasteiger partial charge in [-0.15, -0.1) is 0 Å². The van der Waals surface area contributed by atoms with Gasteiger partial charge in [-0.3, -0.25) is 14.9 Å². The van der Waals surface area contributed by atoms with Crippen molar-refractivity contribution in [3.05, 3.63) is 69.9 Å². The number of rotatable bonds is 5. The highest BCUT2D eigenvalue weighted by molar-refractivity contribution is 5.97. The molecule has 10 heteroatoms. The Balaban J connectivity index is 1.69. The standard InChI is InChI=1S/C18H15FN4O5/c1-10-4-3-5-16-21-14(9-22(10)16)18(25)28-11(2)17(24)20-12-6-7-13(19)15(8-12)23(26)27/h3-9,11H,1-2H3,(H,20,24). The first kappa shape index (κ1) is 19.0. The number of ether oxygens (including phenoxy) is 1. The van der Waals surface area contributed by atoms with Gasteiger partial charge >= 0.3 is 11.7 Å². The summed E-state index contributed by atoms with van der Waals surface area (Å²) in [6.07, 6.45) is 0.295. The van der Waals surface area contributed by atoms with Crippen molar-refractivity contribution in [2.24, 2.45) is 0 Å². The predicted octanol–water partition coefficient (Wildman–Crippen LogP) is 2.87. The van der Waals surface area contributed by atoms with E-state index in [-0.39, 0.29) is 11.4 Å². The molecule has 1 unspecified atom stereocenters. The zero-order chi connectivity index (χ0) is 20.4. The van der Waals surface area contributed by atoms with Gasteiger partial charge in [0.15, 0.2) is 11.8 Å². The van der Waals surface area contributed by atoms with Gasteiger partial charge in [0.2, 0.25) is 5.82 Å². The summed E-state index contributed by atoms with van der Waals surface area (Å²) in [6.45, 7) is 3.19. The fourth-order valence-corrected chi connectivity index (χ4v) is 2.50. The lowest BCUT2D eigenvalue weighted by molar-refractivity contribution is -0.387. The molecule has 0 aliphatic carbocycles. The number of aryl methyl sites for hydroxylation is 1. The molecule has 144 valence electrons. The van der Waals surface area contributed by atoms with Gasteiger partial charge in [-0.2, -0.15) is 4.39 Å². The van der Waals surface area contributed by atoms with Crippen LogP contribution in [0.15, 0.2) is 42.6 Å². The third kappa shape index (κ3) is 3.80. The number of nitro groups is 1. The first-order chi connectivity index (χ1) is 13.3. The lowest BCUT2D eigenvalue weighted by Crippen LogP contribution is -2.30. The van der Waals surface area contributed by atoms with E-state index in [2.05, 4.69) is 10.3 Å². The van der Waals surface area contributed by atoms with Crippen LogP contribution in [-0.4, -0.2) is 32.3 Å². The van der Waals surface area contributed by atoms with Crippen LogP contribution in [0.3, 0.4) is 0 Å². The summed E-state index contributed by atoms with van der Waals surface area (Å²) < 4.78 is 20.2. The Kier molecular flexibility index (Phi) is 5.03. The van der Waals surface area contributed by atoms with Crippen LogP contribution in [0.1, 0.15) is 23.1 Å². The SMILES string of the molecule is Cc1cccc2nc(C(=O)OC(C)C(=O)Nc3ccc(F)c([N+](=O)[O-])c3)cn12. The Morgan fingerprint density at radius 2 is 2.07 bits per heavy atom. The summed E-state index contributed by atoms with van der Waals surface area (Å²) in [5.41, 5.74) is 0.689. The van der Waals surface area contributed by atoms with Crippen LogP contribution in [0, 0.1) is 22.9 Å². The molecule has 2 heterocycles. The highest BCUT2D eigenvalue weighted by atomic mass is 19.1. The summed E-state index contributed by atoms with van der Waals surface area (Å²) in [7, 11) is 0. The number of nitrogens with zero attached hydrogens (tertiary/aromatic N) is 3. The molecule has 28 heavy (non-hydrogen) atoms. The third-order valence-electron chi connectivity index (χ3n) is 3.97. The third-order valence-corrected chi connectivity index (χ3v) is 3.97. The van der Waals surface area contributed by atoms with Gasteiger partial charge < -0.3 is 14.5 Å². The summed E-state index contributed by atoms with van der Waals surface area (Å²) in [5, 5.41) is 13.1. The molecule has 1 aromatic carbocycles. The fourth-order valence-electron chi connectivity index (χ4n) is 2.50. The molecule has 0 bridgehead atoms. The Labute approximate surface area is 157 Å². The summed E-state index contributed by atoms with van der Waals surface area (Å²) in [5.74, 6) is -2.55. The summed E-state index contributed by atoms with van der Waals surface area (Å²) in [6, 6.07) is 8.28. The number of carbonyl (C=O) groups excluding carboxylic acids is 2. The van der Waals surface area contributed by atoms with Crippen molar-refractivity contribution in [2.75, 3.05) is 5.32 Å². The average Bonchev–Trinajstić information content (AvgIpc) is 3.09. The van der Waals surface area contributed by atoms with Crippen LogP contribution < -0.4 is 5.32 Å². The summed E-state index contributed by atoms with van der Waals surface area (Å²) in [4.78, 5) is 38.5. The first-order valence-corrected chi connectivity index (χ1v) is 8.17. The molecule has 0 saturated heterocycles. The molecule has 0 spiro atoms. The van der Waals surface area contributed by atoms with E-state index in [1.807, 2.05) is 13.0 Å². The predicted molar refractivity (Wildman–Crippen MR) is 96.5 cm³/mol. The van der Waals surface area contributed by atoms with Gasteiger partial charge in [0.1, 0.15) is 5.65 Å². The van der Waals surface area contributed by atoms with Crippen molar-refractivity contribution in [1.29, 1.82) is 0 Å². The number of halogens is 1. The molecular weight excluding hydrogens is 371 g/mol. The molecule has 0 fully saturated rings. The van der Waals surface area contributed by atoms with Crippen LogP contribution in [-0.2, 0) is 9.53 Å². The molecule has 3 aromatic rings. The molecule has 0 aliphatic rings. The molecule has 0 radical (unpaired) electrons. The number of aromatic nitrogens is 2. The van der Waals surface area contributed by atoms with E-state index in [0.29, 0.717) is 5.65 Å². The quantitative estimate of drug-likeness (QED) is 0.409. The van der Waals surface area contributed by atoms with E-state index in [9.17, 15) is 24.1 Å². The highest BCUT2D eigenvalue weighted by Gasteiger charge is 2.22. The lowest BCUT2D eigenvalue weighted by Gasteiger charge is -2.12.